The lowest BCUT2D eigenvalue weighted by Gasteiger charge is -2.26. The fraction of sp³-hybridized carbons (Fsp3) is 0.357. The number of ether oxygens (including phenoxy) is 1. The van der Waals surface area contributed by atoms with E-state index in [1.807, 2.05) is 0 Å². The van der Waals surface area contributed by atoms with Crippen LogP contribution in [0.25, 0.3) is 11.5 Å². The van der Waals surface area contributed by atoms with E-state index in [4.69, 9.17) is 20.8 Å². The number of hydrogen-bond donors (Lipinski definition) is 0. The standard InChI is InChI=1S/C14H14ClN3O5S/c15-11-3-1-2-10(8-11)13-16-17-14(23-13)24(20,21)9-12(19)18-4-6-22-7-5-18/h1-3,8H,4-7,9H2. The molecule has 1 fully saturated rings. The summed E-state index contributed by atoms with van der Waals surface area (Å²) in [6, 6.07) is 6.58. The van der Waals surface area contributed by atoms with Gasteiger partial charge in [0.15, 0.2) is 0 Å². The summed E-state index contributed by atoms with van der Waals surface area (Å²) in [4.78, 5) is 13.5. The lowest BCUT2D eigenvalue weighted by Crippen LogP contribution is -2.43. The molecule has 0 atom stereocenters. The Morgan fingerprint density at radius 2 is 2.00 bits per heavy atom. The summed E-state index contributed by atoms with van der Waals surface area (Å²) in [6.45, 7) is 1.52. The highest BCUT2D eigenvalue weighted by molar-refractivity contribution is 7.91. The van der Waals surface area contributed by atoms with Crippen LogP contribution in [0.5, 0.6) is 0 Å². The van der Waals surface area contributed by atoms with Gasteiger partial charge in [-0.25, -0.2) is 8.42 Å². The predicted molar refractivity (Wildman–Crippen MR) is 84.2 cm³/mol. The number of hydrogen-bond acceptors (Lipinski definition) is 7. The normalized spacial score (nSPS) is 15.5. The van der Waals surface area contributed by atoms with Gasteiger partial charge in [-0.15, -0.1) is 5.10 Å². The molecule has 1 saturated heterocycles. The molecular weight excluding hydrogens is 358 g/mol. The molecule has 1 aliphatic rings. The van der Waals surface area contributed by atoms with Gasteiger partial charge in [0, 0.05) is 23.7 Å². The molecule has 128 valence electrons. The second kappa shape index (κ2) is 6.88. The van der Waals surface area contributed by atoms with Gasteiger partial charge in [0.2, 0.25) is 21.6 Å². The van der Waals surface area contributed by atoms with Gasteiger partial charge in [0.25, 0.3) is 0 Å². The van der Waals surface area contributed by atoms with Crippen molar-refractivity contribution in [2.75, 3.05) is 32.1 Å². The third-order valence-electron chi connectivity index (χ3n) is 3.42. The molecule has 10 heteroatoms. The van der Waals surface area contributed by atoms with Crippen LogP contribution in [0.15, 0.2) is 33.9 Å². The number of carbonyl (C=O) groups is 1. The van der Waals surface area contributed by atoms with Gasteiger partial charge in [-0.05, 0) is 18.2 Å². The van der Waals surface area contributed by atoms with E-state index in [1.165, 1.54) is 4.90 Å². The van der Waals surface area contributed by atoms with Gasteiger partial charge in [-0.3, -0.25) is 4.79 Å². The largest absolute Gasteiger partial charge is 0.408 e. The molecule has 2 aromatic rings. The molecular formula is C14H14ClN3O5S. The van der Waals surface area contributed by atoms with Crippen molar-refractivity contribution in [3.63, 3.8) is 0 Å². The van der Waals surface area contributed by atoms with Crippen LogP contribution in [0.3, 0.4) is 0 Å². The summed E-state index contributed by atoms with van der Waals surface area (Å²) in [6.07, 6.45) is 0. The van der Waals surface area contributed by atoms with E-state index in [-0.39, 0.29) is 5.89 Å². The van der Waals surface area contributed by atoms with Crippen molar-refractivity contribution in [1.29, 1.82) is 0 Å². The first-order chi connectivity index (χ1) is 11.5. The monoisotopic (exact) mass is 371 g/mol. The summed E-state index contributed by atoms with van der Waals surface area (Å²) in [5.74, 6) is -1.21. The van der Waals surface area contributed by atoms with Crippen molar-refractivity contribution in [2.24, 2.45) is 0 Å². The highest BCUT2D eigenvalue weighted by Crippen LogP contribution is 2.23. The Morgan fingerprint density at radius 3 is 2.71 bits per heavy atom. The number of rotatable bonds is 4. The average molecular weight is 372 g/mol. The number of halogens is 1. The summed E-state index contributed by atoms with van der Waals surface area (Å²) >= 11 is 5.88. The predicted octanol–water partition coefficient (Wildman–Crippen LogP) is 1.02. The van der Waals surface area contributed by atoms with E-state index in [0.29, 0.717) is 36.9 Å². The quantitative estimate of drug-likeness (QED) is 0.790. The van der Waals surface area contributed by atoms with Crippen LogP contribution < -0.4 is 0 Å². The first-order valence-electron chi connectivity index (χ1n) is 7.13. The molecule has 0 N–H and O–H groups in total. The van der Waals surface area contributed by atoms with E-state index in [9.17, 15) is 13.2 Å². The van der Waals surface area contributed by atoms with Crippen LogP contribution in [0.2, 0.25) is 5.02 Å². The van der Waals surface area contributed by atoms with Crippen LogP contribution >= 0.6 is 11.6 Å². The van der Waals surface area contributed by atoms with Gasteiger partial charge >= 0.3 is 5.22 Å². The van der Waals surface area contributed by atoms with Crippen molar-refractivity contribution in [3.05, 3.63) is 29.3 Å². The first-order valence-corrected chi connectivity index (χ1v) is 9.16. The zero-order valence-electron chi connectivity index (χ0n) is 12.5. The maximum atomic E-state index is 12.3. The van der Waals surface area contributed by atoms with Crippen LogP contribution in [-0.4, -0.2) is 61.5 Å². The minimum atomic E-state index is -4.01. The van der Waals surface area contributed by atoms with E-state index in [2.05, 4.69) is 10.2 Å². The maximum absolute atomic E-state index is 12.3. The Balaban J connectivity index is 1.76. The fourth-order valence-corrected chi connectivity index (χ4v) is 3.39. The number of nitrogens with zero attached hydrogens (tertiary/aromatic N) is 3. The molecule has 0 spiro atoms. The third kappa shape index (κ3) is 3.74. The van der Waals surface area contributed by atoms with E-state index in [0.717, 1.165) is 0 Å². The molecule has 1 aromatic carbocycles. The second-order valence-corrected chi connectivity index (χ2v) is 7.44. The molecule has 0 aliphatic carbocycles. The average Bonchev–Trinajstić information content (AvgIpc) is 3.06. The third-order valence-corrected chi connectivity index (χ3v) is 4.98. The summed E-state index contributed by atoms with van der Waals surface area (Å²) < 4.78 is 34.9. The lowest BCUT2D eigenvalue weighted by atomic mass is 10.2. The van der Waals surface area contributed by atoms with Crippen LogP contribution in [-0.2, 0) is 19.4 Å². The van der Waals surface area contributed by atoms with E-state index < -0.39 is 26.7 Å². The molecule has 0 unspecified atom stereocenters. The lowest BCUT2D eigenvalue weighted by molar-refractivity contribution is -0.132. The zero-order chi connectivity index (χ0) is 17.2. The van der Waals surface area contributed by atoms with Gasteiger partial charge in [0.05, 0.1) is 13.2 Å². The molecule has 24 heavy (non-hydrogen) atoms. The molecule has 0 radical (unpaired) electrons. The minimum Gasteiger partial charge on any atom is -0.408 e. The molecule has 8 nitrogen and oxygen atoms in total. The first kappa shape index (κ1) is 16.9. The van der Waals surface area contributed by atoms with Crippen molar-refractivity contribution in [1.82, 2.24) is 15.1 Å². The van der Waals surface area contributed by atoms with Crippen LogP contribution in [0, 0.1) is 0 Å². The number of morpholine rings is 1. The number of sulfone groups is 1. The zero-order valence-corrected chi connectivity index (χ0v) is 14.1. The topological polar surface area (TPSA) is 103 Å². The van der Waals surface area contributed by atoms with Gasteiger partial charge in [-0.2, -0.15) is 0 Å². The summed E-state index contributed by atoms with van der Waals surface area (Å²) in [5.41, 5.74) is 0.496. The maximum Gasteiger partial charge on any atom is 0.336 e. The number of aromatic nitrogens is 2. The minimum absolute atomic E-state index is 0.0231. The fourth-order valence-electron chi connectivity index (χ4n) is 2.20. The van der Waals surface area contributed by atoms with Gasteiger partial charge in [-0.1, -0.05) is 22.8 Å². The molecule has 1 aromatic heterocycles. The Bertz CT molecular complexity index is 846. The molecule has 1 amide bonds. The number of carbonyl (C=O) groups excluding carboxylic acids is 1. The number of amides is 1. The van der Waals surface area contributed by atoms with Crippen molar-refractivity contribution >= 4 is 27.3 Å². The van der Waals surface area contributed by atoms with Crippen LogP contribution in [0.4, 0.5) is 0 Å². The molecule has 0 saturated carbocycles. The van der Waals surface area contributed by atoms with Gasteiger partial charge < -0.3 is 14.1 Å². The van der Waals surface area contributed by atoms with Crippen molar-refractivity contribution < 1.29 is 22.4 Å². The SMILES string of the molecule is O=C(CS(=O)(=O)c1nnc(-c2cccc(Cl)c2)o1)N1CCOCC1. The molecule has 2 heterocycles. The molecule has 0 bridgehead atoms. The van der Waals surface area contributed by atoms with Crippen molar-refractivity contribution in [3.8, 4) is 11.5 Å². The Morgan fingerprint density at radius 1 is 1.25 bits per heavy atom. The van der Waals surface area contributed by atoms with Crippen LogP contribution in [0.1, 0.15) is 0 Å². The van der Waals surface area contributed by atoms with Gasteiger partial charge in [0.1, 0.15) is 5.75 Å². The summed E-state index contributed by atoms with van der Waals surface area (Å²) in [7, 11) is -4.01. The number of benzene rings is 1. The second-order valence-electron chi connectivity index (χ2n) is 5.14. The molecule has 1 aliphatic heterocycles. The van der Waals surface area contributed by atoms with E-state index in [1.54, 1.807) is 24.3 Å². The molecule has 3 rings (SSSR count). The Labute approximate surface area is 143 Å². The Hall–Kier alpha value is -1.97. The Kier molecular flexibility index (Phi) is 4.83. The smallest absolute Gasteiger partial charge is 0.336 e. The highest BCUT2D eigenvalue weighted by atomic mass is 35.5. The van der Waals surface area contributed by atoms with E-state index >= 15 is 0 Å². The summed E-state index contributed by atoms with van der Waals surface area (Å²) in [5, 5.41) is 7.14. The highest BCUT2D eigenvalue weighted by Gasteiger charge is 2.29. The van der Waals surface area contributed by atoms with Crippen molar-refractivity contribution in [2.45, 2.75) is 5.22 Å².